The highest BCUT2D eigenvalue weighted by Crippen LogP contribution is 2.60. The molecule has 0 unspecified atom stereocenters. The predicted molar refractivity (Wildman–Crippen MR) is 16.2 cm³/mol. The molecule has 0 N–H and O–H groups in total. The zero-order valence-corrected chi connectivity index (χ0v) is 3.48. The first-order chi connectivity index (χ1) is 2.00. The first-order valence-corrected chi connectivity index (χ1v) is 2.86. The standard InChI is InChI=1S/CH3F3P/c1-5(2,3)4/h1H3/q+1. The summed E-state index contributed by atoms with van der Waals surface area (Å²) in [5, 5.41) is 0. The lowest BCUT2D eigenvalue weighted by Crippen LogP contribution is -1.49. The van der Waals surface area contributed by atoms with Crippen LogP contribution >= 0.6 is 8.19 Å². The molecule has 0 aliphatic rings. The monoisotopic (exact) mass is 103 g/mol. The van der Waals surface area contributed by atoms with E-state index < -0.39 is 8.19 Å². The van der Waals surface area contributed by atoms with Crippen LogP contribution in [0.2, 0.25) is 0 Å². The van der Waals surface area contributed by atoms with E-state index in [1.807, 2.05) is 0 Å². The number of hydrogen-bond donors (Lipinski definition) is 0. The fraction of sp³-hybridized carbons (Fsp3) is 1.00. The van der Waals surface area contributed by atoms with Crippen LogP contribution in [0.25, 0.3) is 0 Å². The lowest BCUT2D eigenvalue weighted by Gasteiger charge is -1.71. The van der Waals surface area contributed by atoms with Gasteiger partial charge in [0.2, 0.25) is 0 Å². The van der Waals surface area contributed by atoms with Crippen molar-refractivity contribution in [2.75, 3.05) is 6.66 Å². The van der Waals surface area contributed by atoms with Gasteiger partial charge in [-0.25, -0.2) is 0 Å². The molecule has 0 saturated carbocycles. The van der Waals surface area contributed by atoms with Gasteiger partial charge >= 0.3 is 8.19 Å². The van der Waals surface area contributed by atoms with Crippen molar-refractivity contribution in [1.82, 2.24) is 0 Å². The van der Waals surface area contributed by atoms with Gasteiger partial charge in [-0.05, 0) is 0 Å². The maximum atomic E-state index is 10.5. The molecule has 0 bridgehead atoms. The van der Waals surface area contributed by atoms with Gasteiger partial charge in [0.05, 0.1) is 0 Å². The van der Waals surface area contributed by atoms with Crippen LogP contribution in [-0.2, 0) is 0 Å². The van der Waals surface area contributed by atoms with Crippen molar-refractivity contribution in [3.05, 3.63) is 0 Å². The third-order valence-corrected chi connectivity index (χ3v) is 0. The third-order valence-electron chi connectivity index (χ3n) is 0. The highest BCUT2D eigenvalue weighted by atomic mass is 31.3. The normalized spacial score (nSPS) is 12.0. The van der Waals surface area contributed by atoms with Crippen molar-refractivity contribution >= 4 is 8.19 Å². The minimum Gasteiger partial charge on any atom is 0.0190 e. The minimum atomic E-state index is -4.89. The van der Waals surface area contributed by atoms with Crippen LogP contribution in [0.15, 0.2) is 0 Å². The molecular weight excluding hydrogens is 100.0 g/mol. The molecule has 0 fully saturated rings. The summed E-state index contributed by atoms with van der Waals surface area (Å²) >= 11 is 0. The Balaban J connectivity index is 3.02. The second-order valence-corrected chi connectivity index (χ2v) is 2.10. The van der Waals surface area contributed by atoms with Crippen LogP contribution in [0.4, 0.5) is 12.6 Å². The van der Waals surface area contributed by atoms with E-state index in [0.29, 0.717) is 6.66 Å². The van der Waals surface area contributed by atoms with Gasteiger partial charge in [-0.2, -0.15) is 0 Å². The molecule has 5 heavy (non-hydrogen) atoms. The summed E-state index contributed by atoms with van der Waals surface area (Å²) in [6.07, 6.45) is 0. The second kappa shape index (κ2) is 1.13. The molecular formula is CH3F3P+. The van der Waals surface area contributed by atoms with Gasteiger partial charge in [-0.15, -0.1) is 0 Å². The predicted octanol–water partition coefficient (Wildman–Crippen LogP) is 2.29. The van der Waals surface area contributed by atoms with E-state index in [9.17, 15) is 12.6 Å². The Morgan fingerprint density at radius 3 is 1.20 bits per heavy atom. The Morgan fingerprint density at radius 1 is 1.20 bits per heavy atom. The van der Waals surface area contributed by atoms with E-state index in [-0.39, 0.29) is 0 Å². The zero-order valence-electron chi connectivity index (χ0n) is 2.58. The lowest BCUT2D eigenvalue weighted by atomic mass is 12.0. The summed E-state index contributed by atoms with van der Waals surface area (Å²) in [6.45, 7) is 0.299. The molecule has 0 aliphatic carbocycles. The van der Waals surface area contributed by atoms with Crippen LogP contribution in [0.1, 0.15) is 0 Å². The summed E-state index contributed by atoms with van der Waals surface area (Å²) < 4.78 is 31.4. The fourth-order valence-corrected chi connectivity index (χ4v) is 0. The van der Waals surface area contributed by atoms with Crippen LogP contribution in [0, 0.1) is 0 Å². The first-order valence-electron chi connectivity index (χ1n) is 0.954. The average molecular weight is 103 g/mol. The molecule has 0 amide bonds. The quantitative estimate of drug-likeness (QED) is 0.412. The Bertz CT molecular complexity index is 22.4. The van der Waals surface area contributed by atoms with Gasteiger partial charge in [0.1, 0.15) is 6.66 Å². The maximum Gasteiger partial charge on any atom is 0.566 e. The molecule has 32 valence electrons. The summed E-state index contributed by atoms with van der Waals surface area (Å²) in [6, 6.07) is 0. The highest BCUT2D eigenvalue weighted by molar-refractivity contribution is 7.59. The Kier molecular flexibility index (Phi) is 1.18. The second-order valence-electron chi connectivity index (χ2n) is 0.699. The topological polar surface area (TPSA) is 0 Å². The van der Waals surface area contributed by atoms with Crippen molar-refractivity contribution in [2.45, 2.75) is 0 Å². The van der Waals surface area contributed by atoms with Crippen LogP contribution < -0.4 is 0 Å². The lowest BCUT2D eigenvalue weighted by molar-refractivity contribution is 0.598. The molecule has 0 aromatic carbocycles. The van der Waals surface area contributed by atoms with Crippen molar-refractivity contribution in [3.8, 4) is 0 Å². The van der Waals surface area contributed by atoms with E-state index in [1.165, 1.54) is 0 Å². The Labute approximate surface area is 28.7 Å². The van der Waals surface area contributed by atoms with Gasteiger partial charge < -0.3 is 0 Å². The van der Waals surface area contributed by atoms with Crippen LogP contribution in [0.3, 0.4) is 0 Å². The number of hydrogen-bond acceptors (Lipinski definition) is 0. The van der Waals surface area contributed by atoms with Crippen molar-refractivity contribution in [3.63, 3.8) is 0 Å². The van der Waals surface area contributed by atoms with E-state index in [4.69, 9.17) is 0 Å². The van der Waals surface area contributed by atoms with Crippen molar-refractivity contribution < 1.29 is 12.6 Å². The summed E-state index contributed by atoms with van der Waals surface area (Å²) in [5.74, 6) is 0. The molecule has 0 aliphatic heterocycles. The van der Waals surface area contributed by atoms with Gasteiger partial charge in [0, 0.05) is 12.6 Å². The SMILES string of the molecule is C[P+](F)(F)F. The number of rotatable bonds is 0. The van der Waals surface area contributed by atoms with Gasteiger partial charge in [-0.1, -0.05) is 0 Å². The van der Waals surface area contributed by atoms with E-state index >= 15 is 0 Å². The Hall–Kier alpha value is 0.220. The molecule has 0 radical (unpaired) electrons. The van der Waals surface area contributed by atoms with E-state index in [0.717, 1.165) is 0 Å². The van der Waals surface area contributed by atoms with Crippen LogP contribution in [-0.4, -0.2) is 6.66 Å². The largest absolute Gasteiger partial charge is 0.566 e. The number of halogens is 3. The molecule has 0 nitrogen and oxygen atoms in total. The van der Waals surface area contributed by atoms with E-state index in [2.05, 4.69) is 0 Å². The van der Waals surface area contributed by atoms with Crippen molar-refractivity contribution in [2.24, 2.45) is 0 Å². The molecule has 0 atom stereocenters. The van der Waals surface area contributed by atoms with Gasteiger partial charge in [-0.3, -0.25) is 0 Å². The van der Waals surface area contributed by atoms with Crippen LogP contribution in [0.5, 0.6) is 0 Å². The maximum absolute atomic E-state index is 10.5. The smallest absolute Gasteiger partial charge is 0.0190 e. The van der Waals surface area contributed by atoms with E-state index in [1.54, 1.807) is 0 Å². The van der Waals surface area contributed by atoms with Crippen molar-refractivity contribution in [1.29, 1.82) is 0 Å². The molecule has 0 spiro atoms. The van der Waals surface area contributed by atoms with Gasteiger partial charge in [0.25, 0.3) is 0 Å². The van der Waals surface area contributed by atoms with Gasteiger partial charge in [0.15, 0.2) is 0 Å². The third kappa shape index (κ3) is 430. The summed E-state index contributed by atoms with van der Waals surface area (Å²) in [4.78, 5) is 0. The molecule has 0 aromatic heterocycles. The average Bonchev–Trinajstić information content (AvgIpc) is 0.722. The molecule has 0 aromatic rings. The minimum absolute atomic E-state index is 0.299. The molecule has 0 rings (SSSR count). The molecule has 0 heterocycles. The summed E-state index contributed by atoms with van der Waals surface area (Å²) in [7, 11) is -4.89. The Morgan fingerprint density at radius 2 is 1.20 bits per heavy atom. The zero-order chi connectivity index (χ0) is 4.50. The fourth-order valence-electron chi connectivity index (χ4n) is 0. The first kappa shape index (κ1) is 5.22. The summed E-state index contributed by atoms with van der Waals surface area (Å²) in [5.41, 5.74) is 0. The highest BCUT2D eigenvalue weighted by Gasteiger charge is 2.33. The molecule has 0 saturated heterocycles. The molecule has 4 heteroatoms.